The number of amides is 1. The molecule has 1 aromatic carbocycles. The van der Waals surface area contributed by atoms with Crippen LogP contribution in [-0.4, -0.2) is 17.9 Å². The summed E-state index contributed by atoms with van der Waals surface area (Å²) in [5.41, 5.74) is 7.33. The van der Waals surface area contributed by atoms with Crippen molar-refractivity contribution < 1.29 is 4.79 Å². The van der Waals surface area contributed by atoms with E-state index in [-0.39, 0.29) is 5.91 Å². The summed E-state index contributed by atoms with van der Waals surface area (Å²) in [7, 11) is 1.68. The summed E-state index contributed by atoms with van der Waals surface area (Å²) in [5, 5.41) is 0.482. The van der Waals surface area contributed by atoms with Crippen molar-refractivity contribution in [1.82, 2.24) is 4.98 Å². The molecule has 0 fully saturated rings. The van der Waals surface area contributed by atoms with Crippen molar-refractivity contribution in [3.05, 3.63) is 53.3 Å². The highest BCUT2D eigenvalue weighted by atomic mass is 35.5. The molecule has 2 aromatic rings. The minimum Gasteiger partial charge on any atom is -0.398 e. The molecule has 2 N–H and O–H groups in total. The minimum absolute atomic E-state index is 0.207. The van der Waals surface area contributed by atoms with Gasteiger partial charge < -0.3 is 10.6 Å². The topological polar surface area (TPSA) is 59.2 Å². The summed E-state index contributed by atoms with van der Waals surface area (Å²) in [6.07, 6.45) is 3.25. The average Bonchev–Trinajstić information content (AvgIpc) is 2.41. The van der Waals surface area contributed by atoms with Crippen LogP contribution in [0.5, 0.6) is 0 Å². The molecule has 0 aliphatic carbocycles. The van der Waals surface area contributed by atoms with Crippen molar-refractivity contribution in [3.8, 4) is 0 Å². The van der Waals surface area contributed by atoms with Crippen molar-refractivity contribution in [3.63, 3.8) is 0 Å². The molecule has 92 valence electrons. The number of benzene rings is 1. The van der Waals surface area contributed by atoms with E-state index in [2.05, 4.69) is 4.98 Å². The largest absolute Gasteiger partial charge is 0.398 e. The Morgan fingerprint density at radius 3 is 2.61 bits per heavy atom. The molecule has 5 heteroatoms. The Labute approximate surface area is 110 Å². The number of anilines is 2. The maximum atomic E-state index is 12.3. The minimum atomic E-state index is -0.207. The van der Waals surface area contributed by atoms with Gasteiger partial charge in [-0.05, 0) is 30.3 Å². The number of rotatable bonds is 2. The fraction of sp³-hybridized carbons (Fsp3) is 0.0769. The van der Waals surface area contributed by atoms with E-state index < -0.39 is 0 Å². The van der Waals surface area contributed by atoms with Gasteiger partial charge in [-0.1, -0.05) is 11.6 Å². The third-order valence-electron chi connectivity index (χ3n) is 2.60. The average molecular weight is 262 g/mol. The number of nitrogens with zero attached hydrogens (tertiary/aromatic N) is 2. The van der Waals surface area contributed by atoms with Crippen LogP contribution in [0.3, 0.4) is 0 Å². The highest BCUT2D eigenvalue weighted by Gasteiger charge is 2.16. The van der Waals surface area contributed by atoms with Crippen LogP contribution < -0.4 is 10.6 Å². The fourth-order valence-electron chi connectivity index (χ4n) is 1.58. The summed E-state index contributed by atoms with van der Waals surface area (Å²) < 4.78 is 0. The van der Waals surface area contributed by atoms with Gasteiger partial charge in [0.05, 0.1) is 5.56 Å². The van der Waals surface area contributed by atoms with E-state index >= 15 is 0 Å². The normalized spacial score (nSPS) is 10.1. The molecule has 18 heavy (non-hydrogen) atoms. The van der Waals surface area contributed by atoms with Gasteiger partial charge in [-0.25, -0.2) is 0 Å². The van der Waals surface area contributed by atoms with Gasteiger partial charge in [-0.3, -0.25) is 9.78 Å². The predicted molar refractivity (Wildman–Crippen MR) is 72.8 cm³/mol. The molecule has 0 aliphatic heterocycles. The first kappa shape index (κ1) is 12.4. The molecule has 1 heterocycles. The van der Waals surface area contributed by atoms with Crippen LogP contribution in [0, 0.1) is 0 Å². The van der Waals surface area contributed by atoms with Crippen LogP contribution in [0.15, 0.2) is 42.7 Å². The number of hydrogen-bond donors (Lipinski definition) is 1. The number of nitrogen functional groups attached to an aromatic ring is 1. The molecule has 0 spiro atoms. The standard InChI is InChI=1S/C13H12ClN3O/c1-17(10-4-6-16-7-5-10)13(18)11-8-9(14)2-3-12(11)15/h2-8H,15H2,1H3. The predicted octanol–water partition coefficient (Wildman–Crippen LogP) is 2.59. The lowest BCUT2D eigenvalue weighted by Gasteiger charge is -2.18. The molecule has 4 nitrogen and oxygen atoms in total. The van der Waals surface area contributed by atoms with E-state index in [4.69, 9.17) is 17.3 Å². The highest BCUT2D eigenvalue weighted by molar-refractivity contribution is 6.31. The molecule has 0 saturated carbocycles. The SMILES string of the molecule is CN(C(=O)c1cc(Cl)ccc1N)c1ccncc1. The van der Waals surface area contributed by atoms with Crippen LogP contribution in [0.25, 0.3) is 0 Å². The Balaban J connectivity index is 2.34. The molecule has 2 rings (SSSR count). The van der Waals surface area contributed by atoms with Gasteiger partial charge in [0.1, 0.15) is 0 Å². The lowest BCUT2D eigenvalue weighted by atomic mass is 10.1. The zero-order valence-electron chi connectivity index (χ0n) is 9.80. The van der Waals surface area contributed by atoms with Gasteiger partial charge in [-0.15, -0.1) is 0 Å². The third kappa shape index (κ3) is 2.43. The second-order valence-electron chi connectivity index (χ2n) is 3.80. The third-order valence-corrected chi connectivity index (χ3v) is 2.84. The molecule has 0 radical (unpaired) electrons. The van der Waals surface area contributed by atoms with Gasteiger partial charge >= 0.3 is 0 Å². The first-order chi connectivity index (χ1) is 8.59. The molecule has 0 bridgehead atoms. The maximum Gasteiger partial charge on any atom is 0.260 e. The van der Waals surface area contributed by atoms with Crippen molar-refractivity contribution in [2.24, 2.45) is 0 Å². The molecular formula is C13H12ClN3O. The molecule has 1 aromatic heterocycles. The lowest BCUT2D eigenvalue weighted by Crippen LogP contribution is -2.27. The number of nitrogens with two attached hydrogens (primary N) is 1. The van der Waals surface area contributed by atoms with Gasteiger partial charge in [0.25, 0.3) is 5.91 Å². The Hall–Kier alpha value is -2.07. The number of carbonyl (C=O) groups excluding carboxylic acids is 1. The number of halogens is 1. The molecule has 0 unspecified atom stereocenters. The summed E-state index contributed by atoms with van der Waals surface area (Å²) in [6.45, 7) is 0. The van der Waals surface area contributed by atoms with Gasteiger partial charge in [0, 0.05) is 35.8 Å². The number of hydrogen-bond acceptors (Lipinski definition) is 3. The smallest absolute Gasteiger partial charge is 0.260 e. The van der Waals surface area contributed by atoms with E-state index in [1.165, 1.54) is 4.90 Å². The molecule has 0 aliphatic rings. The van der Waals surface area contributed by atoms with Crippen molar-refractivity contribution >= 4 is 28.9 Å². The van der Waals surface area contributed by atoms with Gasteiger partial charge in [0.15, 0.2) is 0 Å². The van der Waals surface area contributed by atoms with Crippen LogP contribution in [0.4, 0.5) is 11.4 Å². The second kappa shape index (κ2) is 5.06. The first-order valence-corrected chi connectivity index (χ1v) is 5.70. The Bertz CT molecular complexity index is 572. The van der Waals surface area contributed by atoms with Gasteiger partial charge in [0.2, 0.25) is 0 Å². The van der Waals surface area contributed by atoms with Gasteiger partial charge in [-0.2, -0.15) is 0 Å². The first-order valence-electron chi connectivity index (χ1n) is 5.32. The Kier molecular flexibility index (Phi) is 3.48. The Morgan fingerprint density at radius 1 is 1.28 bits per heavy atom. The Morgan fingerprint density at radius 2 is 1.94 bits per heavy atom. The molecular weight excluding hydrogens is 250 g/mol. The zero-order chi connectivity index (χ0) is 13.1. The number of carbonyl (C=O) groups is 1. The van der Waals surface area contributed by atoms with E-state index in [0.717, 1.165) is 5.69 Å². The zero-order valence-corrected chi connectivity index (χ0v) is 10.6. The van der Waals surface area contributed by atoms with Crippen molar-refractivity contribution in [2.75, 3.05) is 17.7 Å². The number of aromatic nitrogens is 1. The van der Waals surface area contributed by atoms with E-state index in [1.807, 2.05) is 0 Å². The summed E-state index contributed by atoms with van der Waals surface area (Å²) in [5.74, 6) is -0.207. The molecule has 0 atom stereocenters. The van der Waals surface area contributed by atoms with Crippen molar-refractivity contribution in [2.45, 2.75) is 0 Å². The van der Waals surface area contributed by atoms with Crippen molar-refractivity contribution in [1.29, 1.82) is 0 Å². The van der Waals surface area contributed by atoms with E-state index in [0.29, 0.717) is 16.3 Å². The number of pyridine rings is 1. The van der Waals surface area contributed by atoms with Crippen LogP contribution >= 0.6 is 11.6 Å². The maximum absolute atomic E-state index is 12.3. The summed E-state index contributed by atoms with van der Waals surface area (Å²) in [4.78, 5) is 17.7. The molecule has 1 amide bonds. The van der Waals surface area contributed by atoms with Crippen LogP contribution in [0.2, 0.25) is 5.02 Å². The van der Waals surface area contributed by atoms with E-state index in [9.17, 15) is 4.79 Å². The van der Waals surface area contributed by atoms with E-state index in [1.54, 1.807) is 49.8 Å². The van der Waals surface area contributed by atoms with Crippen LogP contribution in [-0.2, 0) is 0 Å². The summed E-state index contributed by atoms with van der Waals surface area (Å²) in [6, 6.07) is 8.34. The van der Waals surface area contributed by atoms with Crippen LogP contribution in [0.1, 0.15) is 10.4 Å². The second-order valence-corrected chi connectivity index (χ2v) is 4.24. The summed E-state index contributed by atoms with van der Waals surface area (Å²) >= 11 is 5.88. The lowest BCUT2D eigenvalue weighted by molar-refractivity contribution is 0.0994. The quantitative estimate of drug-likeness (QED) is 0.846. The molecule has 0 saturated heterocycles. The monoisotopic (exact) mass is 261 g/mol. The fourth-order valence-corrected chi connectivity index (χ4v) is 1.75. The highest BCUT2D eigenvalue weighted by Crippen LogP contribution is 2.21.